The highest BCUT2D eigenvalue weighted by molar-refractivity contribution is 5.86. The van der Waals surface area contributed by atoms with Crippen LogP contribution in [0.2, 0.25) is 0 Å². The van der Waals surface area contributed by atoms with Crippen LogP contribution in [0, 0.1) is 11.8 Å². The first-order valence-corrected chi connectivity index (χ1v) is 9.01. The first-order chi connectivity index (χ1) is 11.6. The summed E-state index contributed by atoms with van der Waals surface area (Å²) in [5.74, 6) is 1.20. The van der Waals surface area contributed by atoms with Crippen LogP contribution >= 0.6 is 0 Å². The lowest BCUT2D eigenvalue weighted by Gasteiger charge is -2.62. The number of phenolic OH excluding ortho intramolecular Hbond substituents is 1. The number of H-pyrrole nitrogens is 1. The van der Waals surface area contributed by atoms with Gasteiger partial charge in [0.05, 0.1) is 25.4 Å². The van der Waals surface area contributed by atoms with Crippen molar-refractivity contribution >= 4 is 10.9 Å². The van der Waals surface area contributed by atoms with Gasteiger partial charge in [-0.15, -0.1) is 0 Å². The number of aromatic hydroxyl groups is 1. The molecule has 0 aliphatic carbocycles. The number of phenols is 1. The second kappa shape index (κ2) is 4.64. The molecule has 24 heavy (non-hydrogen) atoms. The minimum absolute atomic E-state index is 0.274. The molecule has 4 nitrogen and oxygen atoms in total. The summed E-state index contributed by atoms with van der Waals surface area (Å²) >= 11 is 0. The second-order valence-corrected chi connectivity index (χ2v) is 8.09. The maximum atomic E-state index is 10.1. The number of benzene rings is 1. The molecular formula is C20H25N2O2+. The Morgan fingerprint density at radius 3 is 2.96 bits per heavy atom. The van der Waals surface area contributed by atoms with Crippen LogP contribution in [0.4, 0.5) is 0 Å². The van der Waals surface area contributed by atoms with E-state index in [1.54, 1.807) is 6.07 Å². The summed E-state index contributed by atoms with van der Waals surface area (Å²) in [4.78, 5) is 3.67. The zero-order valence-corrected chi connectivity index (χ0v) is 14.3. The summed E-state index contributed by atoms with van der Waals surface area (Å²) in [5.41, 5.74) is 5.39. The maximum absolute atomic E-state index is 10.1. The van der Waals surface area contributed by atoms with E-state index in [9.17, 15) is 10.2 Å². The van der Waals surface area contributed by atoms with E-state index in [1.165, 1.54) is 16.8 Å². The summed E-state index contributed by atoms with van der Waals surface area (Å²) in [6, 6.07) is 6.58. The van der Waals surface area contributed by atoms with E-state index in [2.05, 4.69) is 25.0 Å². The zero-order valence-electron chi connectivity index (χ0n) is 14.3. The lowest BCUT2D eigenvalue weighted by Crippen LogP contribution is -2.70. The Bertz CT molecular complexity index is 868. The van der Waals surface area contributed by atoms with Gasteiger partial charge in [0, 0.05) is 35.6 Å². The number of rotatable bonds is 1. The van der Waals surface area contributed by atoms with Crippen molar-refractivity contribution in [3.63, 3.8) is 0 Å². The number of quaternary nitrogens is 1. The number of aliphatic hydroxyl groups excluding tert-OH is 1. The highest BCUT2D eigenvalue weighted by atomic mass is 16.3. The van der Waals surface area contributed by atoms with Crippen molar-refractivity contribution in [3.05, 3.63) is 41.1 Å². The van der Waals surface area contributed by atoms with Gasteiger partial charge in [-0.1, -0.05) is 6.08 Å². The number of likely N-dealkylation sites (N-methyl/N-ethyl adjacent to an activating group) is 1. The van der Waals surface area contributed by atoms with E-state index in [4.69, 9.17) is 0 Å². The SMILES string of the molecule is CC=C1C[N+]2(C)C3Cc4c([nH]c5ccc(O)cc45)[C@@H]2C[C@H]1[C@H]3CO. The number of hydrogen-bond acceptors (Lipinski definition) is 2. The molecule has 0 spiro atoms. The molecule has 0 saturated carbocycles. The van der Waals surface area contributed by atoms with Gasteiger partial charge in [-0.3, -0.25) is 0 Å². The van der Waals surface area contributed by atoms with Gasteiger partial charge in [-0.25, -0.2) is 0 Å². The number of aliphatic hydroxyl groups is 1. The summed E-state index contributed by atoms with van der Waals surface area (Å²) in [6.45, 7) is 3.52. The molecule has 1 aromatic carbocycles. The monoisotopic (exact) mass is 325 g/mol. The molecule has 0 amide bonds. The number of nitrogens with one attached hydrogen (secondary N) is 1. The molecule has 4 aliphatic rings. The molecule has 3 fully saturated rings. The Kier molecular flexibility index (Phi) is 2.82. The molecule has 6 rings (SSSR count). The Morgan fingerprint density at radius 1 is 1.38 bits per heavy atom. The van der Waals surface area contributed by atoms with E-state index in [0.29, 0.717) is 29.7 Å². The van der Waals surface area contributed by atoms with Gasteiger partial charge in [-0.2, -0.15) is 0 Å². The smallest absolute Gasteiger partial charge is 0.131 e. The van der Waals surface area contributed by atoms with Crippen LogP contribution in [-0.2, 0) is 6.42 Å². The highest BCUT2D eigenvalue weighted by Crippen LogP contribution is 2.57. The average Bonchev–Trinajstić information content (AvgIpc) is 2.91. The maximum Gasteiger partial charge on any atom is 0.131 e. The molecule has 4 aliphatic heterocycles. The van der Waals surface area contributed by atoms with Gasteiger partial charge >= 0.3 is 0 Å². The van der Waals surface area contributed by atoms with E-state index >= 15 is 0 Å². The summed E-state index contributed by atoms with van der Waals surface area (Å²) < 4.78 is 1.02. The molecule has 4 bridgehead atoms. The predicted octanol–water partition coefficient (Wildman–Crippen LogP) is 2.87. The molecule has 126 valence electrons. The highest BCUT2D eigenvalue weighted by Gasteiger charge is 2.61. The topological polar surface area (TPSA) is 56.2 Å². The van der Waals surface area contributed by atoms with Crippen molar-refractivity contribution in [2.75, 3.05) is 20.2 Å². The van der Waals surface area contributed by atoms with Crippen LogP contribution < -0.4 is 0 Å². The van der Waals surface area contributed by atoms with Crippen molar-refractivity contribution < 1.29 is 14.7 Å². The van der Waals surface area contributed by atoms with E-state index < -0.39 is 0 Å². The van der Waals surface area contributed by atoms with Crippen molar-refractivity contribution in [1.29, 1.82) is 0 Å². The summed E-state index contributed by atoms with van der Waals surface area (Å²) in [6.07, 6.45) is 4.39. The van der Waals surface area contributed by atoms with Gasteiger partial charge in [0.25, 0.3) is 0 Å². The van der Waals surface area contributed by atoms with Gasteiger partial charge in [-0.05, 0) is 36.3 Å². The Balaban J connectivity index is 1.73. The number of piperidine rings is 3. The quantitative estimate of drug-likeness (QED) is 0.558. The molecule has 4 heteroatoms. The van der Waals surface area contributed by atoms with Crippen LogP contribution in [0.25, 0.3) is 10.9 Å². The third kappa shape index (κ3) is 1.60. The minimum atomic E-state index is 0.274. The van der Waals surface area contributed by atoms with Gasteiger partial charge in [0.1, 0.15) is 18.3 Å². The minimum Gasteiger partial charge on any atom is -0.508 e. The number of hydrogen-bond donors (Lipinski definition) is 3. The van der Waals surface area contributed by atoms with E-state index in [0.717, 1.165) is 34.8 Å². The van der Waals surface area contributed by atoms with Crippen LogP contribution in [0.5, 0.6) is 5.75 Å². The molecule has 3 N–H and O–H groups in total. The first-order valence-electron chi connectivity index (χ1n) is 9.01. The fraction of sp³-hybridized carbons (Fsp3) is 0.500. The Morgan fingerprint density at radius 2 is 2.21 bits per heavy atom. The van der Waals surface area contributed by atoms with Crippen molar-refractivity contribution in [3.8, 4) is 5.75 Å². The summed E-state index contributed by atoms with van der Waals surface area (Å²) in [7, 11) is 2.38. The average molecular weight is 325 g/mol. The number of allylic oxidation sites excluding steroid dienone is 1. The van der Waals surface area contributed by atoms with Crippen molar-refractivity contribution in [2.45, 2.75) is 31.8 Å². The van der Waals surface area contributed by atoms with Crippen LogP contribution in [0.3, 0.4) is 0 Å². The molecule has 1 aromatic heterocycles. The number of aromatic amines is 1. The van der Waals surface area contributed by atoms with Crippen LogP contribution in [-0.4, -0.2) is 45.9 Å². The lowest BCUT2D eigenvalue weighted by atomic mass is 9.62. The Hall–Kier alpha value is -1.78. The fourth-order valence-corrected chi connectivity index (χ4v) is 6.05. The molecule has 0 radical (unpaired) electrons. The second-order valence-electron chi connectivity index (χ2n) is 8.09. The molecule has 3 saturated heterocycles. The zero-order chi connectivity index (χ0) is 16.6. The van der Waals surface area contributed by atoms with Crippen LogP contribution in [0.1, 0.15) is 30.6 Å². The standard InChI is InChI=1S/C20H24N2O2/c1-3-11-9-22(2)18-8-15-14-6-12(24)4-5-17(14)21-20(15)19(22)7-13(11)16(18)10-23/h3-6,13,16,18-19,21,23H,7-10H2,1-2H3/p+1/t13-,16-,18?,19+,22?/m1/s1. The van der Waals surface area contributed by atoms with E-state index in [-0.39, 0.29) is 6.61 Å². The van der Waals surface area contributed by atoms with Gasteiger partial charge < -0.3 is 19.7 Å². The van der Waals surface area contributed by atoms with Gasteiger partial charge in [0.15, 0.2) is 0 Å². The van der Waals surface area contributed by atoms with E-state index in [1.807, 2.05) is 12.1 Å². The first kappa shape index (κ1) is 14.6. The third-order valence-corrected chi connectivity index (χ3v) is 7.21. The summed E-state index contributed by atoms with van der Waals surface area (Å²) in [5, 5.41) is 21.2. The predicted molar refractivity (Wildman–Crippen MR) is 93.7 cm³/mol. The van der Waals surface area contributed by atoms with Crippen molar-refractivity contribution in [2.24, 2.45) is 11.8 Å². The Labute approximate surface area is 142 Å². The molecule has 5 atom stereocenters. The third-order valence-electron chi connectivity index (χ3n) is 7.21. The van der Waals surface area contributed by atoms with Gasteiger partial charge in [0.2, 0.25) is 0 Å². The fourth-order valence-electron chi connectivity index (χ4n) is 6.05. The van der Waals surface area contributed by atoms with Crippen molar-refractivity contribution in [1.82, 2.24) is 4.98 Å². The number of nitrogens with zero attached hydrogens (tertiary/aromatic N) is 1. The van der Waals surface area contributed by atoms with Crippen LogP contribution in [0.15, 0.2) is 29.8 Å². The number of aromatic nitrogens is 1. The lowest BCUT2D eigenvalue weighted by molar-refractivity contribution is -0.978. The largest absolute Gasteiger partial charge is 0.508 e. The number of fused-ring (bicyclic) bond motifs is 4. The molecule has 2 unspecified atom stereocenters. The normalized spacial score (nSPS) is 38.7. The molecular weight excluding hydrogens is 300 g/mol. The molecule has 5 heterocycles. The molecule has 2 aromatic rings.